The number of rotatable bonds is 3. The highest BCUT2D eigenvalue weighted by Gasteiger charge is 2.46. The average molecular weight is 211 g/mol. The molecule has 1 rings (SSSR count). The zero-order chi connectivity index (χ0) is 10.9. The summed E-state index contributed by atoms with van der Waals surface area (Å²) in [6, 6.07) is 0. The van der Waals surface area contributed by atoms with E-state index in [0.29, 0.717) is 0 Å². The summed E-state index contributed by atoms with van der Waals surface area (Å²) in [5.41, 5.74) is 1.52. The summed E-state index contributed by atoms with van der Waals surface area (Å²) in [6.07, 6.45) is 1.12. The second-order valence-corrected chi connectivity index (χ2v) is 9.05. The first-order chi connectivity index (χ1) is 6.46. The predicted molar refractivity (Wildman–Crippen MR) is 65.6 cm³/mol. The van der Waals surface area contributed by atoms with Crippen molar-refractivity contribution < 1.29 is 4.65 Å². The maximum Gasteiger partial charge on any atom is 0.407 e. The summed E-state index contributed by atoms with van der Waals surface area (Å²) in [4.78, 5) is 0. The van der Waals surface area contributed by atoms with E-state index < -0.39 is 8.24 Å². The van der Waals surface area contributed by atoms with Gasteiger partial charge in [-0.25, -0.2) is 0 Å². The van der Waals surface area contributed by atoms with Crippen molar-refractivity contribution in [3.8, 4) is 0 Å². The zero-order valence-electron chi connectivity index (χ0n) is 10.3. The molecule has 1 heterocycles. The lowest BCUT2D eigenvalue weighted by molar-refractivity contribution is 0.323. The van der Waals surface area contributed by atoms with Crippen molar-refractivity contribution >= 4 is 15.3 Å². The summed E-state index contributed by atoms with van der Waals surface area (Å²) in [6.45, 7) is 12.2. The number of hydrogen-bond acceptors (Lipinski definition) is 2. The lowest BCUT2D eigenvalue weighted by Crippen LogP contribution is -2.50. The van der Waals surface area contributed by atoms with Crippen LogP contribution in [0.25, 0.3) is 0 Å². The Morgan fingerprint density at radius 1 is 1.36 bits per heavy atom. The minimum atomic E-state index is -1.34. The SMILES string of the molecule is CCOB1C(CC)=C(C)[Si](C)(C)N1C. The lowest BCUT2D eigenvalue weighted by Gasteiger charge is -2.30. The second-order valence-electron chi connectivity index (χ2n) is 4.48. The van der Waals surface area contributed by atoms with Gasteiger partial charge in [0.1, 0.15) is 8.24 Å². The van der Waals surface area contributed by atoms with Gasteiger partial charge in [0.25, 0.3) is 0 Å². The van der Waals surface area contributed by atoms with Crippen molar-refractivity contribution in [3.63, 3.8) is 0 Å². The van der Waals surface area contributed by atoms with Crippen molar-refractivity contribution in [2.75, 3.05) is 13.7 Å². The molecule has 0 amide bonds. The van der Waals surface area contributed by atoms with Crippen molar-refractivity contribution in [1.29, 1.82) is 0 Å². The summed E-state index contributed by atoms with van der Waals surface area (Å²) < 4.78 is 8.29. The van der Waals surface area contributed by atoms with E-state index in [1.54, 1.807) is 5.20 Å². The van der Waals surface area contributed by atoms with Crippen molar-refractivity contribution in [1.82, 2.24) is 4.48 Å². The predicted octanol–water partition coefficient (Wildman–Crippen LogP) is 2.47. The van der Waals surface area contributed by atoms with Crippen LogP contribution in [0.5, 0.6) is 0 Å². The van der Waals surface area contributed by atoms with Crippen molar-refractivity contribution in [3.05, 3.63) is 10.7 Å². The Bertz CT molecular complexity index is 253. The molecule has 0 aliphatic carbocycles. The van der Waals surface area contributed by atoms with Crippen LogP contribution in [-0.4, -0.2) is 33.4 Å². The lowest BCUT2D eigenvalue weighted by atomic mass is 9.71. The fourth-order valence-electron chi connectivity index (χ4n) is 2.18. The highest BCUT2D eigenvalue weighted by atomic mass is 28.3. The number of nitrogens with zero attached hydrogens (tertiary/aromatic N) is 1. The molecule has 14 heavy (non-hydrogen) atoms. The van der Waals surface area contributed by atoms with E-state index in [4.69, 9.17) is 4.65 Å². The van der Waals surface area contributed by atoms with E-state index in [1.807, 2.05) is 0 Å². The van der Waals surface area contributed by atoms with Gasteiger partial charge in [-0.2, -0.15) is 0 Å². The summed E-state index contributed by atoms with van der Waals surface area (Å²) >= 11 is 0. The molecule has 2 nitrogen and oxygen atoms in total. The van der Waals surface area contributed by atoms with Crippen LogP contribution in [0, 0.1) is 0 Å². The van der Waals surface area contributed by atoms with Crippen LogP contribution in [0.3, 0.4) is 0 Å². The second kappa shape index (κ2) is 4.21. The molecule has 4 heteroatoms. The zero-order valence-corrected chi connectivity index (χ0v) is 11.3. The van der Waals surface area contributed by atoms with Gasteiger partial charge >= 0.3 is 7.05 Å². The minimum absolute atomic E-state index is 0.256. The molecule has 0 saturated carbocycles. The fraction of sp³-hybridized carbons (Fsp3) is 0.800. The van der Waals surface area contributed by atoms with E-state index >= 15 is 0 Å². The fourth-order valence-corrected chi connectivity index (χ4v) is 4.61. The Morgan fingerprint density at radius 2 is 1.93 bits per heavy atom. The van der Waals surface area contributed by atoms with Crippen LogP contribution in [-0.2, 0) is 4.65 Å². The van der Waals surface area contributed by atoms with E-state index in [-0.39, 0.29) is 7.05 Å². The molecule has 80 valence electrons. The molecule has 0 bridgehead atoms. The Labute approximate surface area is 89.5 Å². The monoisotopic (exact) mass is 211 g/mol. The van der Waals surface area contributed by atoms with Gasteiger partial charge in [-0.1, -0.05) is 30.7 Å². The number of hydrogen-bond donors (Lipinski definition) is 0. The molecular weight excluding hydrogens is 189 g/mol. The summed E-state index contributed by atoms with van der Waals surface area (Å²) in [7, 11) is 1.12. The van der Waals surface area contributed by atoms with E-state index in [2.05, 4.69) is 45.4 Å². The van der Waals surface area contributed by atoms with Crippen LogP contribution < -0.4 is 0 Å². The first-order valence-electron chi connectivity index (χ1n) is 5.51. The molecule has 0 aromatic carbocycles. The third-order valence-corrected chi connectivity index (χ3v) is 7.79. The molecule has 0 radical (unpaired) electrons. The van der Waals surface area contributed by atoms with Gasteiger partial charge in [0, 0.05) is 6.61 Å². The Kier molecular flexibility index (Phi) is 3.61. The van der Waals surface area contributed by atoms with Crippen LogP contribution in [0.1, 0.15) is 27.2 Å². The molecule has 0 aromatic rings. The Balaban J connectivity index is 2.99. The third kappa shape index (κ3) is 1.71. The van der Waals surface area contributed by atoms with E-state index in [0.717, 1.165) is 13.0 Å². The molecule has 0 spiro atoms. The van der Waals surface area contributed by atoms with Crippen molar-refractivity contribution in [2.24, 2.45) is 0 Å². The highest BCUT2D eigenvalue weighted by Crippen LogP contribution is 2.33. The molecule has 0 fully saturated rings. The number of allylic oxidation sites excluding steroid dienone is 2. The van der Waals surface area contributed by atoms with Gasteiger partial charge in [0.05, 0.1) is 0 Å². The molecule has 0 N–H and O–H groups in total. The normalized spacial score (nSPS) is 22.3. The topological polar surface area (TPSA) is 12.5 Å². The molecule has 0 atom stereocenters. The Morgan fingerprint density at radius 3 is 2.36 bits per heavy atom. The molecule has 0 unspecified atom stereocenters. The molecular formula is C10H22BNOSi. The maximum atomic E-state index is 5.83. The van der Waals surface area contributed by atoms with Crippen LogP contribution in [0.4, 0.5) is 0 Å². The molecule has 1 aliphatic heterocycles. The standard InChI is InChI=1S/C10H22BNOSi/c1-7-10-9(3)14(5,6)12(4)11(10)13-8-2/h7-8H2,1-6H3. The first kappa shape index (κ1) is 12.0. The van der Waals surface area contributed by atoms with E-state index in [9.17, 15) is 0 Å². The molecule has 0 aromatic heterocycles. The quantitative estimate of drug-likeness (QED) is 0.665. The van der Waals surface area contributed by atoms with Gasteiger partial charge in [0.2, 0.25) is 0 Å². The summed E-state index contributed by atoms with van der Waals surface area (Å²) in [5.74, 6) is 0. The summed E-state index contributed by atoms with van der Waals surface area (Å²) in [5, 5.41) is 1.61. The van der Waals surface area contributed by atoms with Crippen LogP contribution in [0.15, 0.2) is 10.7 Å². The third-order valence-electron chi connectivity index (χ3n) is 3.64. The van der Waals surface area contributed by atoms with Gasteiger partial charge in [0.15, 0.2) is 0 Å². The van der Waals surface area contributed by atoms with Crippen LogP contribution in [0.2, 0.25) is 13.1 Å². The largest absolute Gasteiger partial charge is 0.418 e. The van der Waals surface area contributed by atoms with Gasteiger partial charge in [-0.15, -0.1) is 0 Å². The minimum Gasteiger partial charge on any atom is -0.418 e. The van der Waals surface area contributed by atoms with Crippen molar-refractivity contribution in [2.45, 2.75) is 40.3 Å². The maximum absolute atomic E-state index is 5.83. The highest BCUT2D eigenvalue weighted by molar-refractivity contribution is 6.93. The molecule has 0 saturated heterocycles. The average Bonchev–Trinajstić information content (AvgIpc) is 2.29. The Hall–Kier alpha value is -0.0582. The smallest absolute Gasteiger partial charge is 0.407 e. The first-order valence-corrected chi connectivity index (χ1v) is 8.46. The van der Waals surface area contributed by atoms with Crippen LogP contribution >= 0.6 is 0 Å². The van der Waals surface area contributed by atoms with Gasteiger partial charge in [-0.3, -0.25) is 0 Å². The molecule has 1 aliphatic rings. The van der Waals surface area contributed by atoms with Gasteiger partial charge in [-0.05, 0) is 27.3 Å². The van der Waals surface area contributed by atoms with E-state index in [1.165, 1.54) is 5.47 Å². The van der Waals surface area contributed by atoms with Gasteiger partial charge < -0.3 is 9.13 Å².